The van der Waals surface area contributed by atoms with Gasteiger partial charge in [-0.3, -0.25) is 23.7 Å². The second-order valence-electron chi connectivity index (χ2n) is 9.50. The number of amides is 3. The zero-order valence-corrected chi connectivity index (χ0v) is 22.7. The Hall–Kier alpha value is -4.94. The van der Waals surface area contributed by atoms with Crippen LogP contribution in [0.2, 0.25) is 0 Å². The molecule has 0 spiro atoms. The van der Waals surface area contributed by atoms with Crippen molar-refractivity contribution in [3.8, 4) is 11.3 Å². The molecule has 1 aromatic heterocycles. The molecule has 0 aliphatic rings. The first-order valence-electron chi connectivity index (χ1n) is 12.8. The number of ether oxygens (including phenoxy) is 1. The van der Waals surface area contributed by atoms with Crippen LogP contribution in [-0.2, 0) is 32.3 Å². The van der Waals surface area contributed by atoms with Crippen molar-refractivity contribution >= 4 is 29.4 Å². The maximum Gasteiger partial charge on any atom is 0.452 e. The molecule has 0 aliphatic carbocycles. The zero-order valence-electron chi connectivity index (χ0n) is 22.7. The number of alkyl halides is 3. The number of nitrogens with one attached hydrogen (secondary N) is 3. The Bertz CT molecular complexity index is 1470. The molecule has 1 heterocycles. The average Bonchev–Trinajstić information content (AvgIpc) is 2.96. The molecule has 42 heavy (non-hydrogen) atoms. The number of hydrogen-bond acceptors (Lipinski definition) is 6. The Balaban J connectivity index is 1.76. The summed E-state index contributed by atoms with van der Waals surface area (Å²) in [6.45, 7) is 1.39. The third kappa shape index (κ3) is 8.78. The van der Waals surface area contributed by atoms with Gasteiger partial charge in [0, 0.05) is 0 Å². The van der Waals surface area contributed by atoms with Crippen molar-refractivity contribution in [1.82, 2.24) is 15.2 Å². The Labute approximate surface area is 238 Å². The summed E-state index contributed by atoms with van der Waals surface area (Å²) >= 11 is 0. The lowest BCUT2D eigenvalue weighted by Gasteiger charge is -2.23. The molecule has 3 N–H and O–H groups in total. The molecule has 10 nitrogen and oxygen atoms in total. The van der Waals surface area contributed by atoms with E-state index in [1.807, 2.05) is 0 Å². The Kier molecular flexibility index (Phi) is 10.6. The van der Waals surface area contributed by atoms with Crippen LogP contribution in [0.25, 0.3) is 11.3 Å². The summed E-state index contributed by atoms with van der Waals surface area (Å²) < 4.78 is 45.2. The SMILES string of the molecule is CC(C)C(NC(=O)Cn1c(-c2ccccc2)ccc(NC(=O)CNC(=O)OCc2ccccc2)c1=O)C(=O)C(F)(F)F. The number of Topliss-reactive ketones (excluding diaryl/α,β-unsaturated/α-hetero) is 1. The number of alkyl carbamates (subject to hydrolysis) is 1. The number of pyridine rings is 1. The van der Waals surface area contributed by atoms with Gasteiger partial charge in [-0.25, -0.2) is 4.79 Å². The van der Waals surface area contributed by atoms with Gasteiger partial charge in [-0.1, -0.05) is 74.5 Å². The molecular weight excluding hydrogens is 557 g/mol. The van der Waals surface area contributed by atoms with Gasteiger partial charge in [0.25, 0.3) is 11.3 Å². The van der Waals surface area contributed by atoms with Gasteiger partial charge in [-0.05, 0) is 29.2 Å². The predicted molar refractivity (Wildman–Crippen MR) is 147 cm³/mol. The van der Waals surface area contributed by atoms with Crippen molar-refractivity contribution in [3.05, 3.63) is 88.7 Å². The van der Waals surface area contributed by atoms with Gasteiger partial charge in [-0.2, -0.15) is 13.2 Å². The summed E-state index contributed by atoms with van der Waals surface area (Å²) in [5.41, 5.74) is 0.394. The lowest BCUT2D eigenvalue weighted by atomic mass is 9.99. The molecule has 2 aromatic carbocycles. The van der Waals surface area contributed by atoms with Crippen LogP contribution >= 0.6 is 0 Å². The fraction of sp³-hybridized carbons (Fsp3) is 0.276. The van der Waals surface area contributed by atoms with Crippen LogP contribution in [0.15, 0.2) is 77.6 Å². The molecule has 0 saturated heterocycles. The van der Waals surface area contributed by atoms with Gasteiger partial charge in [0.1, 0.15) is 25.4 Å². The minimum absolute atomic E-state index is 0.0196. The first-order valence-corrected chi connectivity index (χ1v) is 12.8. The highest BCUT2D eigenvalue weighted by Gasteiger charge is 2.45. The van der Waals surface area contributed by atoms with Crippen molar-refractivity contribution < 1.29 is 37.1 Å². The molecule has 3 rings (SSSR count). The molecule has 0 saturated carbocycles. The highest BCUT2D eigenvalue weighted by atomic mass is 19.4. The van der Waals surface area contributed by atoms with E-state index in [1.54, 1.807) is 60.7 Å². The average molecular weight is 587 g/mol. The number of rotatable bonds is 11. The van der Waals surface area contributed by atoms with Gasteiger partial charge >= 0.3 is 12.3 Å². The van der Waals surface area contributed by atoms with Crippen LogP contribution in [0, 0.1) is 5.92 Å². The molecule has 3 aromatic rings. The predicted octanol–water partition coefficient (Wildman–Crippen LogP) is 3.65. The lowest BCUT2D eigenvalue weighted by Crippen LogP contribution is -2.50. The first-order chi connectivity index (χ1) is 19.9. The number of nitrogens with zero attached hydrogens (tertiary/aromatic N) is 1. The molecule has 0 bridgehead atoms. The van der Waals surface area contributed by atoms with Crippen LogP contribution < -0.4 is 21.5 Å². The van der Waals surface area contributed by atoms with E-state index in [4.69, 9.17) is 4.74 Å². The summed E-state index contributed by atoms with van der Waals surface area (Å²) in [5.74, 6) is -4.79. The molecule has 0 aliphatic heterocycles. The van der Waals surface area contributed by atoms with E-state index < -0.39 is 60.5 Å². The number of anilines is 1. The Morgan fingerprint density at radius 3 is 2.10 bits per heavy atom. The van der Waals surface area contributed by atoms with Gasteiger partial charge in [-0.15, -0.1) is 0 Å². The number of hydrogen-bond donors (Lipinski definition) is 3. The third-order valence-corrected chi connectivity index (χ3v) is 5.97. The standard InChI is InChI=1S/C29H29F3N4O6/c1-18(2)25(26(39)29(30,31)32)35-24(38)16-36-22(20-11-7-4-8-12-20)14-13-21(27(36)40)34-23(37)15-33-28(41)42-17-19-9-5-3-6-10-19/h3-14,18,25H,15-17H2,1-2H3,(H,33,41)(H,34,37)(H,35,38). The summed E-state index contributed by atoms with van der Waals surface area (Å²) in [6, 6.07) is 18.1. The number of benzene rings is 2. The van der Waals surface area contributed by atoms with E-state index >= 15 is 0 Å². The van der Waals surface area contributed by atoms with E-state index in [2.05, 4.69) is 16.0 Å². The van der Waals surface area contributed by atoms with Crippen molar-refractivity contribution in [2.24, 2.45) is 5.92 Å². The number of carbonyl (C=O) groups is 4. The van der Waals surface area contributed by atoms with E-state index in [-0.39, 0.29) is 18.0 Å². The van der Waals surface area contributed by atoms with Gasteiger partial charge in [0.2, 0.25) is 11.8 Å². The van der Waals surface area contributed by atoms with Gasteiger partial charge in [0.15, 0.2) is 0 Å². The van der Waals surface area contributed by atoms with Crippen LogP contribution in [-0.4, -0.2) is 47.0 Å². The van der Waals surface area contributed by atoms with E-state index in [0.717, 1.165) is 10.1 Å². The molecule has 1 unspecified atom stereocenters. The molecule has 0 fully saturated rings. The van der Waals surface area contributed by atoms with E-state index in [1.165, 1.54) is 26.0 Å². The maximum absolute atomic E-state index is 13.4. The maximum atomic E-state index is 13.4. The minimum atomic E-state index is -5.17. The smallest absolute Gasteiger partial charge is 0.445 e. The lowest BCUT2D eigenvalue weighted by molar-refractivity contribution is -0.174. The number of carbonyl (C=O) groups excluding carboxylic acids is 4. The first kappa shape index (κ1) is 31.6. The summed E-state index contributed by atoms with van der Waals surface area (Å²) in [4.78, 5) is 62.5. The molecule has 13 heteroatoms. The summed E-state index contributed by atoms with van der Waals surface area (Å²) in [6.07, 6.45) is -6.03. The fourth-order valence-electron chi connectivity index (χ4n) is 3.89. The van der Waals surface area contributed by atoms with E-state index in [9.17, 15) is 37.1 Å². The van der Waals surface area contributed by atoms with Crippen molar-refractivity contribution in [3.63, 3.8) is 0 Å². The highest BCUT2D eigenvalue weighted by molar-refractivity contribution is 5.94. The monoisotopic (exact) mass is 586 g/mol. The van der Waals surface area contributed by atoms with Crippen LogP contribution in [0.3, 0.4) is 0 Å². The van der Waals surface area contributed by atoms with Crippen LogP contribution in [0.4, 0.5) is 23.7 Å². The summed E-state index contributed by atoms with van der Waals surface area (Å²) in [7, 11) is 0. The van der Waals surface area contributed by atoms with Gasteiger partial charge < -0.3 is 20.7 Å². The third-order valence-electron chi connectivity index (χ3n) is 5.97. The van der Waals surface area contributed by atoms with Crippen molar-refractivity contribution in [1.29, 1.82) is 0 Å². The number of aromatic nitrogens is 1. The zero-order chi connectivity index (χ0) is 30.9. The Morgan fingerprint density at radius 1 is 0.881 bits per heavy atom. The molecular formula is C29H29F3N4O6. The summed E-state index contributed by atoms with van der Waals surface area (Å²) in [5, 5.41) is 6.69. The molecule has 0 radical (unpaired) electrons. The largest absolute Gasteiger partial charge is 0.452 e. The fourth-order valence-corrected chi connectivity index (χ4v) is 3.89. The normalized spacial score (nSPS) is 11.9. The molecule has 1 atom stereocenters. The number of halogens is 3. The van der Waals surface area contributed by atoms with E-state index in [0.29, 0.717) is 5.56 Å². The highest BCUT2D eigenvalue weighted by Crippen LogP contribution is 2.22. The second kappa shape index (κ2) is 14.1. The van der Waals surface area contributed by atoms with Crippen LogP contribution in [0.5, 0.6) is 0 Å². The van der Waals surface area contributed by atoms with Crippen molar-refractivity contribution in [2.75, 3.05) is 11.9 Å². The van der Waals surface area contributed by atoms with Crippen molar-refractivity contribution in [2.45, 2.75) is 39.2 Å². The molecule has 222 valence electrons. The Morgan fingerprint density at radius 2 is 1.50 bits per heavy atom. The van der Waals surface area contributed by atoms with Gasteiger partial charge in [0.05, 0.1) is 11.7 Å². The number of ketones is 1. The molecule has 3 amide bonds. The minimum Gasteiger partial charge on any atom is -0.445 e. The quantitative estimate of drug-likeness (QED) is 0.314. The second-order valence-corrected chi connectivity index (χ2v) is 9.50. The van der Waals surface area contributed by atoms with Crippen LogP contribution in [0.1, 0.15) is 19.4 Å². The topological polar surface area (TPSA) is 136 Å².